The number of aromatic nitrogens is 2. The van der Waals surface area contributed by atoms with Gasteiger partial charge in [0.1, 0.15) is 5.82 Å². The average Bonchev–Trinajstić information content (AvgIpc) is 2.68. The first-order chi connectivity index (χ1) is 13.0. The highest BCUT2D eigenvalue weighted by molar-refractivity contribution is 14.1. The molecule has 0 spiro atoms. The number of hydrogen-bond donors (Lipinski definition) is 2. The summed E-state index contributed by atoms with van der Waals surface area (Å²) in [6.07, 6.45) is 6.11. The van der Waals surface area contributed by atoms with E-state index in [1.54, 1.807) is 6.20 Å². The fourth-order valence-electron chi connectivity index (χ4n) is 3.34. The summed E-state index contributed by atoms with van der Waals surface area (Å²) in [7, 11) is 3.95. The minimum atomic E-state index is 0.0224. The standard InChI is InChI=1S/C20H26IN5O/c1-26(2)18-11-12-22-20(25-18)24-15-9-7-14(8-10-15)13-23-19(27)16-5-3-4-6-17(16)21/h3-6,11-12,14-15H,7-10,13H2,1-2H3,(H,23,27)(H,22,24,25). The van der Waals surface area contributed by atoms with Crippen molar-refractivity contribution in [1.82, 2.24) is 15.3 Å². The van der Waals surface area contributed by atoms with Crippen LogP contribution in [0.3, 0.4) is 0 Å². The topological polar surface area (TPSA) is 70.2 Å². The fraction of sp³-hybridized carbons (Fsp3) is 0.450. The van der Waals surface area contributed by atoms with Crippen LogP contribution in [-0.4, -0.2) is 42.6 Å². The van der Waals surface area contributed by atoms with Gasteiger partial charge < -0.3 is 15.5 Å². The van der Waals surface area contributed by atoms with Crippen molar-refractivity contribution in [3.05, 3.63) is 45.7 Å². The van der Waals surface area contributed by atoms with Crippen LogP contribution in [0.4, 0.5) is 11.8 Å². The molecule has 1 aromatic carbocycles. The van der Waals surface area contributed by atoms with Gasteiger partial charge in [0.2, 0.25) is 5.95 Å². The zero-order valence-corrected chi connectivity index (χ0v) is 17.9. The first kappa shape index (κ1) is 19.9. The Morgan fingerprint density at radius 1 is 1.19 bits per heavy atom. The van der Waals surface area contributed by atoms with Crippen molar-refractivity contribution in [1.29, 1.82) is 0 Å². The largest absolute Gasteiger partial charge is 0.363 e. The molecule has 6 nitrogen and oxygen atoms in total. The Bertz CT molecular complexity index is 774. The molecule has 27 heavy (non-hydrogen) atoms. The summed E-state index contributed by atoms with van der Waals surface area (Å²) in [5, 5.41) is 6.56. The van der Waals surface area contributed by atoms with Crippen LogP contribution in [0.25, 0.3) is 0 Å². The normalized spacial score (nSPS) is 19.4. The minimum absolute atomic E-state index is 0.0224. The number of benzene rings is 1. The number of anilines is 2. The minimum Gasteiger partial charge on any atom is -0.363 e. The lowest BCUT2D eigenvalue weighted by Crippen LogP contribution is -2.34. The van der Waals surface area contributed by atoms with Crippen molar-refractivity contribution in [3.63, 3.8) is 0 Å². The fourth-order valence-corrected chi connectivity index (χ4v) is 3.97. The summed E-state index contributed by atoms with van der Waals surface area (Å²) in [5.41, 5.74) is 0.756. The van der Waals surface area contributed by atoms with Gasteiger partial charge in [0.25, 0.3) is 5.91 Å². The summed E-state index contributed by atoms with van der Waals surface area (Å²) in [4.78, 5) is 23.2. The number of carbonyl (C=O) groups excluding carboxylic acids is 1. The van der Waals surface area contributed by atoms with Crippen molar-refractivity contribution >= 4 is 40.3 Å². The second kappa shape index (κ2) is 9.34. The maximum Gasteiger partial charge on any atom is 0.252 e. The third kappa shape index (κ3) is 5.54. The Hall–Kier alpha value is -1.90. The van der Waals surface area contributed by atoms with Gasteiger partial charge in [-0.25, -0.2) is 4.98 Å². The third-order valence-corrected chi connectivity index (χ3v) is 5.89. The molecular weight excluding hydrogens is 453 g/mol. The van der Waals surface area contributed by atoms with E-state index in [4.69, 9.17) is 0 Å². The molecule has 1 amide bonds. The Morgan fingerprint density at radius 3 is 2.63 bits per heavy atom. The van der Waals surface area contributed by atoms with Crippen LogP contribution >= 0.6 is 22.6 Å². The monoisotopic (exact) mass is 479 g/mol. The van der Waals surface area contributed by atoms with E-state index in [9.17, 15) is 4.79 Å². The van der Waals surface area contributed by atoms with E-state index in [2.05, 4.69) is 43.2 Å². The van der Waals surface area contributed by atoms with Gasteiger partial charge >= 0.3 is 0 Å². The lowest BCUT2D eigenvalue weighted by molar-refractivity contribution is 0.0942. The van der Waals surface area contributed by atoms with E-state index in [0.29, 0.717) is 17.9 Å². The summed E-state index contributed by atoms with van der Waals surface area (Å²) in [6.45, 7) is 0.739. The Morgan fingerprint density at radius 2 is 1.93 bits per heavy atom. The Labute approximate surface area is 174 Å². The van der Waals surface area contributed by atoms with Crippen molar-refractivity contribution in [2.45, 2.75) is 31.7 Å². The summed E-state index contributed by atoms with van der Waals surface area (Å²) < 4.78 is 0.987. The van der Waals surface area contributed by atoms with E-state index >= 15 is 0 Å². The molecule has 0 atom stereocenters. The van der Waals surface area contributed by atoms with Gasteiger partial charge in [-0.1, -0.05) is 12.1 Å². The van der Waals surface area contributed by atoms with Crippen LogP contribution in [0.2, 0.25) is 0 Å². The van der Waals surface area contributed by atoms with Gasteiger partial charge in [-0.2, -0.15) is 4.98 Å². The number of nitrogens with one attached hydrogen (secondary N) is 2. The van der Waals surface area contributed by atoms with E-state index in [1.165, 1.54) is 0 Å². The first-order valence-corrected chi connectivity index (χ1v) is 10.4. The molecule has 1 aromatic heterocycles. The smallest absolute Gasteiger partial charge is 0.252 e. The predicted molar refractivity (Wildman–Crippen MR) is 117 cm³/mol. The molecule has 1 heterocycles. The highest BCUT2D eigenvalue weighted by Gasteiger charge is 2.22. The molecular formula is C20H26IN5O. The molecule has 1 fully saturated rings. The number of rotatable bonds is 6. The van der Waals surface area contributed by atoms with E-state index < -0.39 is 0 Å². The SMILES string of the molecule is CN(C)c1ccnc(NC2CCC(CNC(=O)c3ccccc3I)CC2)n1. The molecule has 1 aliphatic carbocycles. The quantitative estimate of drug-likeness (QED) is 0.621. The maximum absolute atomic E-state index is 12.4. The predicted octanol–water partition coefficient (Wildman–Crippen LogP) is 3.55. The van der Waals surface area contributed by atoms with Gasteiger partial charge in [-0.3, -0.25) is 4.79 Å². The third-order valence-electron chi connectivity index (χ3n) is 4.95. The van der Waals surface area contributed by atoms with Gasteiger partial charge in [0.05, 0.1) is 5.56 Å². The molecule has 7 heteroatoms. The lowest BCUT2D eigenvalue weighted by atomic mass is 9.86. The summed E-state index contributed by atoms with van der Waals surface area (Å²) in [6, 6.07) is 9.98. The number of nitrogens with zero attached hydrogens (tertiary/aromatic N) is 3. The van der Waals surface area contributed by atoms with Gasteiger partial charge in [-0.15, -0.1) is 0 Å². The van der Waals surface area contributed by atoms with Crippen LogP contribution in [0.15, 0.2) is 36.5 Å². The first-order valence-electron chi connectivity index (χ1n) is 9.32. The molecule has 0 radical (unpaired) electrons. The zero-order valence-electron chi connectivity index (χ0n) is 15.8. The summed E-state index contributed by atoms with van der Waals surface area (Å²) >= 11 is 2.21. The van der Waals surface area contributed by atoms with Gasteiger partial charge in [0, 0.05) is 36.4 Å². The number of hydrogen-bond acceptors (Lipinski definition) is 5. The molecule has 0 bridgehead atoms. The molecule has 1 saturated carbocycles. The number of halogens is 1. The Balaban J connectivity index is 1.44. The zero-order chi connectivity index (χ0) is 19.2. The second-order valence-electron chi connectivity index (χ2n) is 7.18. The van der Waals surface area contributed by atoms with Crippen LogP contribution < -0.4 is 15.5 Å². The van der Waals surface area contributed by atoms with Gasteiger partial charge in [-0.05, 0) is 72.4 Å². The molecule has 0 unspecified atom stereocenters. The van der Waals surface area contributed by atoms with Crippen molar-refractivity contribution in [2.75, 3.05) is 30.9 Å². The van der Waals surface area contributed by atoms with Crippen LogP contribution in [0, 0.1) is 9.49 Å². The molecule has 144 valence electrons. The van der Waals surface area contributed by atoms with Crippen molar-refractivity contribution in [3.8, 4) is 0 Å². The highest BCUT2D eigenvalue weighted by Crippen LogP contribution is 2.26. The van der Waals surface area contributed by atoms with Crippen molar-refractivity contribution in [2.24, 2.45) is 5.92 Å². The maximum atomic E-state index is 12.4. The second-order valence-corrected chi connectivity index (χ2v) is 8.35. The van der Waals surface area contributed by atoms with Crippen molar-refractivity contribution < 1.29 is 4.79 Å². The van der Waals surface area contributed by atoms with Crippen LogP contribution in [-0.2, 0) is 0 Å². The van der Waals surface area contributed by atoms with E-state index in [0.717, 1.165) is 47.2 Å². The molecule has 1 aliphatic rings. The molecule has 3 rings (SSSR count). The highest BCUT2D eigenvalue weighted by atomic mass is 127. The lowest BCUT2D eigenvalue weighted by Gasteiger charge is -2.29. The van der Waals surface area contributed by atoms with Gasteiger partial charge in [0.15, 0.2) is 0 Å². The average molecular weight is 479 g/mol. The molecule has 2 N–H and O–H groups in total. The van der Waals surface area contributed by atoms with Crippen LogP contribution in [0.5, 0.6) is 0 Å². The molecule has 0 aliphatic heterocycles. The molecule has 2 aromatic rings. The van der Waals surface area contributed by atoms with E-state index in [-0.39, 0.29) is 5.91 Å². The summed E-state index contributed by atoms with van der Waals surface area (Å²) in [5.74, 6) is 2.15. The Kier molecular flexibility index (Phi) is 6.87. The van der Waals surface area contributed by atoms with E-state index in [1.807, 2.05) is 49.3 Å². The number of carbonyl (C=O) groups is 1. The molecule has 0 saturated heterocycles. The van der Waals surface area contributed by atoms with Crippen LogP contribution in [0.1, 0.15) is 36.0 Å². The number of amides is 1.